The van der Waals surface area contributed by atoms with Gasteiger partial charge < -0.3 is 19.5 Å². The Bertz CT molecular complexity index is 745. The number of anilines is 1. The van der Waals surface area contributed by atoms with Crippen LogP contribution in [0.5, 0.6) is 17.2 Å². The second-order valence-electron chi connectivity index (χ2n) is 4.89. The number of benzene rings is 2. The molecule has 0 saturated carbocycles. The van der Waals surface area contributed by atoms with Crippen molar-refractivity contribution in [2.45, 2.75) is 6.92 Å². The number of nitro groups is 1. The van der Waals surface area contributed by atoms with E-state index in [0.29, 0.717) is 18.1 Å². The van der Waals surface area contributed by atoms with Gasteiger partial charge in [-0.2, -0.15) is 0 Å². The lowest BCUT2D eigenvalue weighted by Gasteiger charge is -2.09. The summed E-state index contributed by atoms with van der Waals surface area (Å²) < 4.78 is 15.6. The van der Waals surface area contributed by atoms with Crippen molar-refractivity contribution >= 4 is 17.3 Å². The SMILES string of the molecule is CCOc1ccc(OCC(=O)Nc2ccc(OC)c([N+](=O)[O-])c2)cc1. The van der Waals surface area contributed by atoms with Gasteiger partial charge in [-0.1, -0.05) is 0 Å². The average Bonchev–Trinajstić information content (AvgIpc) is 2.61. The molecule has 8 nitrogen and oxygen atoms in total. The number of carbonyl (C=O) groups excluding carboxylic acids is 1. The Labute approximate surface area is 144 Å². The summed E-state index contributed by atoms with van der Waals surface area (Å²) >= 11 is 0. The van der Waals surface area contributed by atoms with E-state index in [1.165, 1.54) is 25.3 Å². The van der Waals surface area contributed by atoms with Crippen molar-refractivity contribution in [1.29, 1.82) is 0 Å². The molecule has 25 heavy (non-hydrogen) atoms. The van der Waals surface area contributed by atoms with Gasteiger partial charge in [-0.3, -0.25) is 14.9 Å². The van der Waals surface area contributed by atoms with E-state index in [2.05, 4.69) is 5.32 Å². The quantitative estimate of drug-likeness (QED) is 0.582. The number of hydrogen-bond acceptors (Lipinski definition) is 6. The summed E-state index contributed by atoms with van der Waals surface area (Å²) in [5.74, 6) is 0.908. The average molecular weight is 346 g/mol. The maximum atomic E-state index is 11.9. The summed E-state index contributed by atoms with van der Waals surface area (Å²) in [5.41, 5.74) is 0.0560. The van der Waals surface area contributed by atoms with Crippen LogP contribution >= 0.6 is 0 Å². The standard InChI is InChI=1S/C17H18N2O6/c1-3-24-13-5-7-14(8-6-13)25-11-17(20)18-12-4-9-16(23-2)15(10-12)19(21)22/h4-10H,3,11H2,1-2H3,(H,18,20). The highest BCUT2D eigenvalue weighted by Gasteiger charge is 2.16. The minimum Gasteiger partial charge on any atom is -0.494 e. The van der Waals surface area contributed by atoms with E-state index >= 15 is 0 Å². The molecule has 0 fully saturated rings. The molecule has 1 N–H and O–H groups in total. The number of nitro benzene ring substituents is 1. The van der Waals surface area contributed by atoms with E-state index in [4.69, 9.17) is 14.2 Å². The first-order valence-corrected chi connectivity index (χ1v) is 7.51. The summed E-state index contributed by atoms with van der Waals surface area (Å²) in [7, 11) is 1.34. The van der Waals surface area contributed by atoms with Gasteiger partial charge in [0.15, 0.2) is 12.4 Å². The Balaban J connectivity index is 1.93. The van der Waals surface area contributed by atoms with Crippen molar-refractivity contribution in [1.82, 2.24) is 0 Å². The summed E-state index contributed by atoms with van der Waals surface area (Å²) in [4.78, 5) is 22.3. The number of nitrogens with zero attached hydrogens (tertiary/aromatic N) is 1. The first-order valence-electron chi connectivity index (χ1n) is 7.51. The molecule has 8 heteroatoms. The number of nitrogens with one attached hydrogen (secondary N) is 1. The number of methoxy groups -OCH3 is 1. The minimum absolute atomic E-state index is 0.119. The molecular formula is C17H18N2O6. The third kappa shape index (κ3) is 5.10. The van der Waals surface area contributed by atoms with Crippen molar-refractivity contribution in [3.8, 4) is 17.2 Å². The van der Waals surface area contributed by atoms with Crippen molar-refractivity contribution in [3.05, 3.63) is 52.6 Å². The minimum atomic E-state index is -0.578. The van der Waals surface area contributed by atoms with Crippen LogP contribution in [0.2, 0.25) is 0 Å². The van der Waals surface area contributed by atoms with Crippen LogP contribution in [0.3, 0.4) is 0 Å². The van der Waals surface area contributed by atoms with Gasteiger partial charge in [-0.05, 0) is 43.3 Å². The highest BCUT2D eigenvalue weighted by molar-refractivity contribution is 5.92. The van der Waals surface area contributed by atoms with Gasteiger partial charge in [-0.25, -0.2) is 0 Å². The maximum Gasteiger partial charge on any atom is 0.312 e. The Morgan fingerprint density at radius 3 is 2.32 bits per heavy atom. The van der Waals surface area contributed by atoms with Crippen molar-refractivity contribution in [2.75, 3.05) is 25.6 Å². The summed E-state index contributed by atoms with van der Waals surface area (Å²) in [5, 5.41) is 13.5. The molecule has 0 spiro atoms. The Morgan fingerprint density at radius 2 is 1.76 bits per heavy atom. The van der Waals surface area contributed by atoms with Crippen LogP contribution in [0.15, 0.2) is 42.5 Å². The van der Waals surface area contributed by atoms with Gasteiger partial charge in [0, 0.05) is 11.8 Å². The summed E-state index contributed by atoms with van der Waals surface area (Å²) in [6, 6.07) is 11.0. The fourth-order valence-electron chi connectivity index (χ4n) is 2.06. The molecule has 2 rings (SSSR count). The largest absolute Gasteiger partial charge is 0.494 e. The highest BCUT2D eigenvalue weighted by atomic mass is 16.6. The number of carbonyl (C=O) groups is 1. The molecule has 0 aliphatic carbocycles. The number of hydrogen-bond donors (Lipinski definition) is 1. The second-order valence-corrected chi connectivity index (χ2v) is 4.89. The molecule has 1 amide bonds. The molecule has 0 aliphatic rings. The van der Waals surface area contributed by atoms with E-state index in [1.54, 1.807) is 24.3 Å². The van der Waals surface area contributed by atoms with Crippen LogP contribution in [0.1, 0.15) is 6.92 Å². The molecule has 0 heterocycles. The molecule has 2 aromatic carbocycles. The third-order valence-corrected chi connectivity index (χ3v) is 3.16. The van der Waals surface area contributed by atoms with Gasteiger partial charge >= 0.3 is 5.69 Å². The van der Waals surface area contributed by atoms with E-state index in [0.717, 1.165) is 0 Å². The first kappa shape index (κ1) is 18.1. The predicted octanol–water partition coefficient (Wildman–Crippen LogP) is 3.02. The van der Waals surface area contributed by atoms with Crippen LogP contribution in [0.25, 0.3) is 0 Å². The number of rotatable bonds is 8. The normalized spacial score (nSPS) is 10.0. The van der Waals surface area contributed by atoms with Gasteiger partial charge in [0.25, 0.3) is 5.91 Å². The maximum absolute atomic E-state index is 11.9. The fourth-order valence-corrected chi connectivity index (χ4v) is 2.06. The van der Waals surface area contributed by atoms with Crippen LogP contribution in [0.4, 0.5) is 11.4 Å². The molecule has 132 valence electrons. The van der Waals surface area contributed by atoms with Gasteiger partial charge in [0.1, 0.15) is 11.5 Å². The van der Waals surface area contributed by atoms with Crippen molar-refractivity contribution in [2.24, 2.45) is 0 Å². The molecule has 0 unspecified atom stereocenters. The fraction of sp³-hybridized carbons (Fsp3) is 0.235. The van der Waals surface area contributed by atoms with Gasteiger partial charge in [0.2, 0.25) is 0 Å². The van der Waals surface area contributed by atoms with Gasteiger partial charge in [-0.15, -0.1) is 0 Å². The zero-order chi connectivity index (χ0) is 18.2. The van der Waals surface area contributed by atoms with Crippen LogP contribution in [-0.4, -0.2) is 31.2 Å². The number of amides is 1. The molecule has 0 radical (unpaired) electrons. The van der Waals surface area contributed by atoms with E-state index < -0.39 is 10.8 Å². The van der Waals surface area contributed by atoms with E-state index in [-0.39, 0.29) is 23.7 Å². The number of ether oxygens (including phenoxy) is 3. The molecule has 0 atom stereocenters. The zero-order valence-corrected chi connectivity index (χ0v) is 13.9. The molecule has 0 aromatic heterocycles. The van der Waals surface area contributed by atoms with Crippen molar-refractivity contribution in [3.63, 3.8) is 0 Å². The van der Waals surface area contributed by atoms with Crippen molar-refractivity contribution < 1.29 is 23.9 Å². The highest BCUT2D eigenvalue weighted by Crippen LogP contribution is 2.29. The molecule has 0 bridgehead atoms. The Hall–Kier alpha value is -3.29. The molecule has 0 aliphatic heterocycles. The van der Waals surface area contributed by atoms with E-state index in [1.807, 2.05) is 6.92 Å². The molecule has 0 saturated heterocycles. The lowest BCUT2D eigenvalue weighted by molar-refractivity contribution is -0.385. The zero-order valence-electron chi connectivity index (χ0n) is 13.9. The van der Waals surface area contributed by atoms with Gasteiger partial charge in [0.05, 0.1) is 18.6 Å². The van der Waals surface area contributed by atoms with Crippen LogP contribution in [-0.2, 0) is 4.79 Å². The Morgan fingerprint density at radius 1 is 1.12 bits per heavy atom. The first-order chi connectivity index (χ1) is 12.0. The topological polar surface area (TPSA) is 99.9 Å². The van der Waals surface area contributed by atoms with Crippen LogP contribution < -0.4 is 19.5 Å². The van der Waals surface area contributed by atoms with E-state index in [9.17, 15) is 14.9 Å². The lowest BCUT2D eigenvalue weighted by Crippen LogP contribution is -2.20. The summed E-state index contributed by atoms with van der Waals surface area (Å²) in [6.45, 7) is 2.22. The second kappa shape index (κ2) is 8.53. The predicted molar refractivity (Wildman–Crippen MR) is 91.4 cm³/mol. The summed E-state index contributed by atoms with van der Waals surface area (Å²) in [6.07, 6.45) is 0. The monoisotopic (exact) mass is 346 g/mol. The molecular weight excluding hydrogens is 328 g/mol. The Kier molecular flexibility index (Phi) is 6.16. The smallest absolute Gasteiger partial charge is 0.312 e. The molecule has 2 aromatic rings. The van der Waals surface area contributed by atoms with Crippen LogP contribution in [0, 0.1) is 10.1 Å². The third-order valence-electron chi connectivity index (χ3n) is 3.16. The lowest BCUT2D eigenvalue weighted by atomic mass is 10.2.